The molecule has 0 bridgehead atoms. The minimum atomic E-state index is -0.457. The van der Waals surface area contributed by atoms with Crippen molar-refractivity contribution in [3.8, 4) is 16.9 Å². The molecule has 0 saturated heterocycles. The van der Waals surface area contributed by atoms with Gasteiger partial charge in [-0.05, 0) is 12.1 Å². The van der Waals surface area contributed by atoms with Crippen LogP contribution in [-0.2, 0) is 0 Å². The summed E-state index contributed by atoms with van der Waals surface area (Å²) >= 11 is 0. The number of benzene rings is 1. The maximum absolute atomic E-state index is 11.0. The molecule has 0 fully saturated rings. The molecule has 1 N–H and O–H groups in total. The summed E-state index contributed by atoms with van der Waals surface area (Å²) < 4.78 is 4.97. The van der Waals surface area contributed by atoms with Gasteiger partial charge in [0, 0.05) is 11.8 Å². The fraction of sp³-hybridized carbons (Fsp3) is 0.100. The summed E-state index contributed by atoms with van der Waals surface area (Å²) in [5.74, 6) is 0.240. The Labute approximate surface area is 91.0 Å². The van der Waals surface area contributed by atoms with E-state index in [1.807, 2.05) is 0 Å². The van der Waals surface area contributed by atoms with Crippen LogP contribution in [0.15, 0.2) is 30.6 Å². The smallest absolute Gasteiger partial charge is 0.318 e. The zero-order valence-electron chi connectivity index (χ0n) is 8.51. The number of methoxy groups -OCH3 is 1. The number of rotatable bonds is 3. The van der Waals surface area contributed by atoms with Crippen LogP contribution >= 0.6 is 0 Å². The normalized spacial score (nSPS) is 10.1. The van der Waals surface area contributed by atoms with E-state index < -0.39 is 4.92 Å². The highest BCUT2D eigenvalue weighted by molar-refractivity contribution is 5.76. The zero-order chi connectivity index (χ0) is 11.5. The Morgan fingerprint density at radius 1 is 1.50 bits per heavy atom. The van der Waals surface area contributed by atoms with Crippen LogP contribution in [0.25, 0.3) is 11.1 Å². The molecule has 0 aliphatic heterocycles. The van der Waals surface area contributed by atoms with Crippen molar-refractivity contribution < 1.29 is 9.66 Å². The molecule has 0 unspecified atom stereocenters. The Morgan fingerprint density at radius 3 is 2.88 bits per heavy atom. The Kier molecular flexibility index (Phi) is 2.55. The van der Waals surface area contributed by atoms with Crippen molar-refractivity contribution in [1.29, 1.82) is 0 Å². The van der Waals surface area contributed by atoms with Crippen LogP contribution in [-0.4, -0.2) is 22.2 Å². The van der Waals surface area contributed by atoms with E-state index in [4.69, 9.17) is 4.74 Å². The van der Waals surface area contributed by atoms with Crippen molar-refractivity contribution in [2.24, 2.45) is 0 Å². The van der Waals surface area contributed by atoms with Crippen molar-refractivity contribution in [3.05, 3.63) is 40.7 Å². The van der Waals surface area contributed by atoms with E-state index in [0.29, 0.717) is 11.1 Å². The Balaban J connectivity index is 2.65. The van der Waals surface area contributed by atoms with E-state index in [-0.39, 0.29) is 11.4 Å². The monoisotopic (exact) mass is 219 g/mol. The molecule has 0 aliphatic carbocycles. The standard InChI is InChI=1S/C10H9N3O3/c1-16-9-4-2-3-8(10(9)13(14)15)7-5-11-12-6-7/h2-6H,1H3,(H,11,12). The van der Waals surface area contributed by atoms with Crippen LogP contribution in [0.3, 0.4) is 0 Å². The number of nitro benzene ring substituents is 1. The van der Waals surface area contributed by atoms with E-state index in [1.165, 1.54) is 13.3 Å². The molecule has 6 nitrogen and oxygen atoms in total. The van der Waals surface area contributed by atoms with Crippen LogP contribution in [0.1, 0.15) is 0 Å². The van der Waals surface area contributed by atoms with Gasteiger partial charge in [-0.15, -0.1) is 0 Å². The number of hydrogen-bond donors (Lipinski definition) is 1. The summed E-state index contributed by atoms with van der Waals surface area (Å²) in [5.41, 5.74) is 1.09. The Morgan fingerprint density at radius 2 is 2.31 bits per heavy atom. The molecule has 0 radical (unpaired) electrons. The van der Waals surface area contributed by atoms with Gasteiger partial charge >= 0.3 is 5.69 Å². The number of aromatic amines is 1. The summed E-state index contributed by atoms with van der Waals surface area (Å²) in [6.07, 6.45) is 3.13. The van der Waals surface area contributed by atoms with Gasteiger partial charge < -0.3 is 4.74 Å². The van der Waals surface area contributed by atoms with Crippen molar-refractivity contribution in [2.45, 2.75) is 0 Å². The maximum Gasteiger partial charge on any atom is 0.318 e. The molecule has 0 spiro atoms. The number of aromatic nitrogens is 2. The molecule has 2 rings (SSSR count). The molecule has 1 aromatic carbocycles. The summed E-state index contributed by atoms with van der Waals surface area (Å²) in [5, 5.41) is 17.4. The first kappa shape index (κ1) is 10.2. The van der Waals surface area contributed by atoms with Gasteiger partial charge in [-0.2, -0.15) is 5.10 Å². The molecule has 16 heavy (non-hydrogen) atoms. The lowest BCUT2D eigenvalue weighted by Crippen LogP contribution is -1.95. The fourth-order valence-electron chi connectivity index (χ4n) is 1.51. The predicted octanol–water partition coefficient (Wildman–Crippen LogP) is 1.99. The first-order chi connectivity index (χ1) is 7.74. The Hall–Kier alpha value is -2.37. The first-order valence-corrected chi connectivity index (χ1v) is 4.54. The van der Waals surface area contributed by atoms with Gasteiger partial charge in [-0.25, -0.2) is 0 Å². The quantitative estimate of drug-likeness (QED) is 0.632. The highest BCUT2D eigenvalue weighted by Gasteiger charge is 2.21. The average Bonchev–Trinajstić information content (AvgIpc) is 2.81. The lowest BCUT2D eigenvalue weighted by atomic mass is 10.1. The van der Waals surface area contributed by atoms with Crippen LogP contribution in [0.5, 0.6) is 5.75 Å². The summed E-state index contributed by atoms with van der Waals surface area (Å²) in [6, 6.07) is 4.92. The SMILES string of the molecule is COc1cccc(-c2cn[nH]c2)c1[N+](=O)[O-]. The molecule has 1 aromatic heterocycles. The number of nitrogens with zero attached hydrogens (tertiary/aromatic N) is 2. The molecule has 1 heterocycles. The maximum atomic E-state index is 11.0. The minimum absolute atomic E-state index is 0.0496. The second-order valence-electron chi connectivity index (χ2n) is 3.10. The number of para-hydroxylation sites is 1. The van der Waals surface area contributed by atoms with Crippen LogP contribution in [0.4, 0.5) is 5.69 Å². The van der Waals surface area contributed by atoms with Crippen molar-refractivity contribution in [3.63, 3.8) is 0 Å². The second kappa shape index (κ2) is 4.01. The van der Waals surface area contributed by atoms with Gasteiger partial charge in [-0.3, -0.25) is 15.2 Å². The van der Waals surface area contributed by atoms with Crippen molar-refractivity contribution >= 4 is 5.69 Å². The number of nitro groups is 1. The number of nitrogens with one attached hydrogen (secondary N) is 1. The van der Waals surface area contributed by atoms with Gasteiger partial charge in [0.25, 0.3) is 0 Å². The van der Waals surface area contributed by atoms with E-state index in [1.54, 1.807) is 24.4 Å². The van der Waals surface area contributed by atoms with E-state index >= 15 is 0 Å². The van der Waals surface area contributed by atoms with Gasteiger partial charge in [-0.1, -0.05) is 6.07 Å². The lowest BCUT2D eigenvalue weighted by Gasteiger charge is -2.04. The third-order valence-electron chi connectivity index (χ3n) is 2.21. The third-order valence-corrected chi connectivity index (χ3v) is 2.21. The largest absolute Gasteiger partial charge is 0.490 e. The van der Waals surface area contributed by atoms with Crippen LogP contribution in [0.2, 0.25) is 0 Å². The van der Waals surface area contributed by atoms with Crippen LogP contribution in [0, 0.1) is 10.1 Å². The van der Waals surface area contributed by atoms with Gasteiger partial charge in [0.1, 0.15) is 0 Å². The highest BCUT2D eigenvalue weighted by Crippen LogP contribution is 2.36. The van der Waals surface area contributed by atoms with E-state index in [9.17, 15) is 10.1 Å². The first-order valence-electron chi connectivity index (χ1n) is 4.54. The minimum Gasteiger partial charge on any atom is -0.490 e. The van der Waals surface area contributed by atoms with Crippen molar-refractivity contribution in [2.75, 3.05) is 7.11 Å². The number of hydrogen-bond acceptors (Lipinski definition) is 4. The third kappa shape index (κ3) is 1.60. The molecule has 0 aliphatic rings. The topological polar surface area (TPSA) is 81.0 Å². The van der Waals surface area contributed by atoms with Gasteiger partial charge in [0.05, 0.1) is 23.8 Å². The molecule has 82 valence electrons. The molecule has 6 heteroatoms. The number of H-pyrrole nitrogens is 1. The van der Waals surface area contributed by atoms with Gasteiger partial charge in [0.15, 0.2) is 5.75 Å². The molecule has 2 aromatic rings. The van der Waals surface area contributed by atoms with E-state index in [2.05, 4.69) is 10.2 Å². The lowest BCUT2D eigenvalue weighted by molar-refractivity contribution is -0.385. The summed E-state index contributed by atoms with van der Waals surface area (Å²) in [4.78, 5) is 10.5. The molecule has 0 atom stereocenters. The fourth-order valence-corrected chi connectivity index (χ4v) is 1.51. The summed E-state index contributed by atoms with van der Waals surface area (Å²) in [6.45, 7) is 0. The highest BCUT2D eigenvalue weighted by atomic mass is 16.6. The van der Waals surface area contributed by atoms with Gasteiger partial charge in [0.2, 0.25) is 0 Å². The predicted molar refractivity (Wildman–Crippen MR) is 57.2 cm³/mol. The Bertz CT molecular complexity index is 508. The van der Waals surface area contributed by atoms with Crippen molar-refractivity contribution in [1.82, 2.24) is 10.2 Å². The number of ether oxygens (including phenoxy) is 1. The zero-order valence-corrected chi connectivity index (χ0v) is 8.51. The molecule has 0 amide bonds. The molecular weight excluding hydrogens is 210 g/mol. The molecule has 0 saturated carbocycles. The van der Waals surface area contributed by atoms with E-state index in [0.717, 1.165) is 0 Å². The average molecular weight is 219 g/mol. The summed E-state index contributed by atoms with van der Waals surface area (Å²) in [7, 11) is 1.40. The van der Waals surface area contributed by atoms with Crippen LogP contribution < -0.4 is 4.74 Å². The molecular formula is C10H9N3O3. The second-order valence-corrected chi connectivity index (χ2v) is 3.10.